The van der Waals surface area contributed by atoms with Crippen LogP contribution in [0.25, 0.3) is 0 Å². The second-order valence-electron chi connectivity index (χ2n) is 7.80. The predicted octanol–water partition coefficient (Wildman–Crippen LogP) is 6.83. The zero-order valence-electron chi connectivity index (χ0n) is 16.3. The van der Waals surface area contributed by atoms with Gasteiger partial charge in [-0.05, 0) is 35.7 Å². The third-order valence-corrected chi connectivity index (χ3v) is 10.1. The third-order valence-electron chi connectivity index (χ3n) is 4.71. The Morgan fingerprint density at radius 2 is 1.68 bits per heavy atom. The molecule has 1 atom stereocenters. The number of rotatable bonds is 9. The lowest BCUT2D eigenvalue weighted by Gasteiger charge is -2.35. The maximum atomic E-state index is 14.1. The van der Waals surface area contributed by atoms with Crippen molar-refractivity contribution in [3.63, 3.8) is 0 Å². The molecule has 0 aliphatic heterocycles. The Kier molecular flexibility index (Phi) is 8.89. The van der Waals surface area contributed by atoms with Crippen LogP contribution in [0.3, 0.4) is 0 Å². The van der Waals surface area contributed by atoms with Crippen LogP contribution in [-0.2, 0) is 4.43 Å². The standard InChI is InChI=1S/C19H32Cl2FNOSi/c1-7-25(8-2,9-3)24-16(12-23-13-19(4,5)6)17-14(20)10-11-15(22)18(17)21/h10-11,16,23H,7-9,12-13H2,1-6H3. The second kappa shape index (κ2) is 9.70. The molecule has 0 spiro atoms. The van der Waals surface area contributed by atoms with Gasteiger partial charge in [0.2, 0.25) is 0 Å². The van der Waals surface area contributed by atoms with Crippen LogP contribution in [0.4, 0.5) is 4.39 Å². The van der Waals surface area contributed by atoms with E-state index in [1.54, 1.807) is 6.07 Å². The summed E-state index contributed by atoms with van der Waals surface area (Å²) in [6.45, 7) is 14.4. The Morgan fingerprint density at radius 1 is 1.12 bits per heavy atom. The molecule has 2 nitrogen and oxygen atoms in total. The van der Waals surface area contributed by atoms with E-state index in [4.69, 9.17) is 27.6 Å². The maximum Gasteiger partial charge on any atom is 0.192 e. The summed E-state index contributed by atoms with van der Waals surface area (Å²) in [6.07, 6.45) is -0.343. The molecule has 0 fully saturated rings. The van der Waals surface area contributed by atoms with Gasteiger partial charge in [-0.3, -0.25) is 0 Å². The minimum Gasteiger partial charge on any atom is -0.409 e. The fourth-order valence-corrected chi connectivity index (χ4v) is 6.34. The molecule has 1 aromatic carbocycles. The van der Waals surface area contributed by atoms with Crippen LogP contribution in [-0.4, -0.2) is 21.4 Å². The summed E-state index contributed by atoms with van der Waals surface area (Å²) in [7, 11) is -1.90. The molecule has 0 radical (unpaired) electrons. The Bertz CT molecular complexity index is 551. The first-order valence-corrected chi connectivity index (χ1v) is 12.4. The van der Waals surface area contributed by atoms with Gasteiger partial charge in [0.1, 0.15) is 5.82 Å². The molecule has 0 aliphatic rings. The summed E-state index contributed by atoms with van der Waals surface area (Å²) in [6, 6.07) is 5.91. The van der Waals surface area contributed by atoms with Crippen molar-refractivity contribution in [2.75, 3.05) is 13.1 Å². The lowest BCUT2D eigenvalue weighted by atomic mass is 9.97. The van der Waals surface area contributed by atoms with Crippen molar-refractivity contribution in [3.05, 3.63) is 33.6 Å². The van der Waals surface area contributed by atoms with Gasteiger partial charge in [0, 0.05) is 23.7 Å². The zero-order chi connectivity index (χ0) is 19.3. The maximum absolute atomic E-state index is 14.1. The van der Waals surface area contributed by atoms with E-state index in [9.17, 15) is 4.39 Å². The third kappa shape index (κ3) is 6.51. The van der Waals surface area contributed by atoms with Crippen LogP contribution in [0.2, 0.25) is 28.2 Å². The van der Waals surface area contributed by atoms with Gasteiger partial charge in [0.15, 0.2) is 8.32 Å². The molecule has 144 valence electrons. The van der Waals surface area contributed by atoms with Gasteiger partial charge in [-0.15, -0.1) is 0 Å². The Labute approximate surface area is 163 Å². The monoisotopic (exact) mass is 407 g/mol. The van der Waals surface area contributed by atoms with Crippen LogP contribution in [0.1, 0.15) is 53.2 Å². The minimum atomic E-state index is -1.90. The quantitative estimate of drug-likeness (QED) is 0.357. The summed E-state index contributed by atoms with van der Waals surface area (Å²) in [5, 5.41) is 3.98. The van der Waals surface area contributed by atoms with E-state index in [0.717, 1.165) is 24.7 Å². The van der Waals surface area contributed by atoms with Gasteiger partial charge in [-0.25, -0.2) is 4.39 Å². The van der Waals surface area contributed by atoms with Crippen molar-refractivity contribution in [1.29, 1.82) is 0 Å². The Balaban J connectivity index is 3.17. The van der Waals surface area contributed by atoms with Crippen LogP contribution in [0, 0.1) is 11.2 Å². The van der Waals surface area contributed by atoms with Gasteiger partial charge in [0.05, 0.1) is 11.1 Å². The topological polar surface area (TPSA) is 21.3 Å². The van der Waals surface area contributed by atoms with Crippen molar-refractivity contribution in [1.82, 2.24) is 5.32 Å². The number of halogens is 3. The van der Waals surface area contributed by atoms with Crippen molar-refractivity contribution in [2.24, 2.45) is 5.41 Å². The number of hydrogen-bond acceptors (Lipinski definition) is 2. The molecule has 0 bridgehead atoms. The molecule has 25 heavy (non-hydrogen) atoms. The Hall–Kier alpha value is -0.133. The SMILES string of the molecule is CC[Si](CC)(CC)OC(CNCC(C)(C)C)c1c(Cl)ccc(F)c1Cl. The highest BCUT2D eigenvalue weighted by Crippen LogP contribution is 2.37. The lowest BCUT2D eigenvalue weighted by Crippen LogP contribution is -2.41. The molecular weight excluding hydrogens is 376 g/mol. The highest BCUT2D eigenvalue weighted by atomic mass is 35.5. The van der Waals surface area contributed by atoms with E-state index in [-0.39, 0.29) is 16.5 Å². The average Bonchev–Trinajstić information content (AvgIpc) is 2.55. The summed E-state index contributed by atoms with van der Waals surface area (Å²) in [5.74, 6) is -0.456. The van der Waals surface area contributed by atoms with Crippen molar-refractivity contribution in [2.45, 2.75) is 65.8 Å². The average molecular weight is 408 g/mol. The summed E-state index contributed by atoms with van der Waals surface area (Å²) in [5.41, 5.74) is 0.714. The molecular formula is C19H32Cl2FNOSi. The molecule has 0 saturated carbocycles. The summed E-state index contributed by atoms with van der Waals surface area (Å²) < 4.78 is 20.7. The number of nitrogens with one attached hydrogen (secondary N) is 1. The second-order valence-corrected chi connectivity index (χ2v) is 13.3. The van der Waals surface area contributed by atoms with Crippen LogP contribution in [0.15, 0.2) is 12.1 Å². The zero-order valence-corrected chi connectivity index (χ0v) is 18.8. The van der Waals surface area contributed by atoms with Crippen molar-refractivity contribution >= 4 is 31.5 Å². The van der Waals surface area contributed by atoms with E-state index >= 15 is 0 Å². The van der Waals surface area contributed by atoms with Gasteiger partial charge in [0.25, 0.3) is 0 Å². The molecule has 0 amide bonds. The van der Waals surface area contributed by atoms with E-state index in [1.807, 2.05) is 0 Å². The smallest absolute Gasteiger partial charge is 0.192 e. The molecule has 1 aromatic rings. The van der Waals surface area contributed by atoms with Crippen LogP contribution >= 0.6 is 23.2 Å². The van der Waals surface area contributed by atoms with Gasteiger partial charge in [-0.2, -0.15) is 0 Å². The molecule has 0 aromatic heterocycles. The number of benzene rings is 1. The van der Waals surface area contributed by atoms with Gasteiger partial charge in [-0.1, -0.05) is 64.7 Å². The van der Waals surface area contributed by atoms with Gasteiger partial charge >= 0.3 is 0 Å². The fraction of sp³-hybridized carbons (Fsp3) is 0.684. The summed E-state index contributed by atoms with van der Waals surface area (Å²) in [4.78, 5) is 0. The largest absolute Gasteiger partial charge is 0.409 e. The number of hydrogen-bond donors (Lipinski definition) is 1. The predicted molar refractivity (Wildman–Crippen MR) is 110 cm³/mol. The van der Waals surface area contributed by atoms with E-state index in [0.29, 0.717) is 17.1 Å². The van der Waals surface area contributed by atoms with Crippen LogP contribution in [0.5, 0.6) is 0 Å². The van der Waals surface area contributed by atoms with E-state index < -0.39 is 14.1 Å². The van der Waals surface area contributed by atoms with E-state index in [2.05, 4.69) is 46.9 Å². The normalized spacial score (nSPS) is 14.0. The molecule has 0 saturated heterocycles. The summed E-state index contributed by atoms with van der Waals surface area (Å²) >= 11 is 12.6. The van der Waals surface area contributed by atoms with Crippen LogP contribution < -0.4 is 5.32 Å². The molecule has 1 N–H and O–H groups in total. The van der Waals surface area contributed by atoms with Crippen molar-refractivity contribution < 1.29 is 8.82 Å². The molecule has 1 unspecified atom stereocenters. The molecule has 0 heterocycles. The molecule has 0 aliphatic carbocycles. The first-order chi connectivity index (χ1) is 11.6. The fourth-order valence-electron chi connectivity index (χ4n) is 2.92. The first kappa shape index (κ1) is 22.9. The first-order valence-electron chi connectivity index (χ1n) is 9.11. The highest BCUT2D eigenvalue weighted by Gasteiger charge is 2.34. The van der Waals surface area contributed by atoms with Gasteiger partial charge < -0.3 is 9.74 Å². The highest BCUT2D eigenvalue weighted by molar-refractivity contribution is 6.73. The van der Waals surface area contributed by atoms with E-state index in [1.165, 1.54) is 6.07 Å². The van der Waals surface area contributed by atoms with Crippen molar-refractivity contribution in [3.8, 4) is 0 Å². The minimum absolute atomic E-state index is 0.0706. The lowest BCUT2D eigenvalue weighted by molar-refractivity contribution is 0.180. The molecule has 1 rings (SSSR count). The Morgan fingerprint density at radius 3 is 2.16 bits per heavy atom. The molecule has 6 heteroatoms.